The van der Waals surface area contributed by atoms with Crippen molar-refractivity contribution >= 4 is 27.3 Å². The van der Waals surface area contributed by atoms with E-state index in [0.717, 1.165) is 15.7 Å². The summed E-state index contributed by atoms with van der Waals surface area (Å²) in [6, 6.07) is 18.8. The summed E-state index contributed by atoms with van der Waals surface area (Å²) in [5.41, 5.74) is 1.45. The number of hydrogen-bond acceptors (Lipinski definition) is 11. The number of nitrogens with zero attached hydrogens (tertiary/aromatic N) is 6. The number of rotatable bonds is 10. The molecule has 6 rings (SSSR count). The fourth-order valence-electron chi connectivity index (χ4n) is 6.60. The molecule has 0 saturated carbocycles. The number of sulfonamides is 1. The van der Waals surface area contributed by atoms with Crippen LogP contribution in [-0.2, 0) is 20.4 Å². The summed E-state index contributed by atoms with van der Waals surface area (Å²) in [4.78, 5) is 28.3. The average molecular weight is 683 g/mol. The number of hydrogen-bond donors (Lipinski definition) is 0. The van der Waals surface area contributed by atoms with Crippen LogP contribution in [0.15, 0.2) is 78.1 Å². The van der Waals surface area contributed by atoms with Crippen molar-refractivity contribution in [1.29, 1.82) is 5.26 Å². The Kier molecular flexibility index (Phi) is 9.20. The van der Waals surface area contributed by atoms with Gasteiger partial charge in [-0.3, -0.25) is 14.7 Å². The van der Waals surface area contributed by atoms with E-state index in [1.54, 1.807) is 30.5 Å². The van der Waals surface area contributed by atoms with Gasteiger partial charge in [0, 0.05) is 54.9 Å². The summed E-state index contributed by atoms with van der Waals surface area (Å²) in [6.45, 7) is 8.13. The first-order chi connectivity index (χ1) is 23.6. The summed E-state index contributed by atoms with van der Waals surface area (Å²) < 4.78 is 46.7. The van der Waals surface area contributed by atoms with Crippen LogP contribution in [-0.4, -0.2) is 76.2 Å². The molecular weight excluding hydrogens is 644 g/mol. The summed E-state index contributed by atoms with van der Waals surface area (Å²) in [5.74, 6) is 0.738. The number of piperazine rings is 1. The molecule has 1 saturated heterocycles. The molecule has 0 N–H and O–H groups in total. The van der Waals surface area contributed by atoms with Crippen LogP contribution in [0, 0.1) is 11.3 Å². The van der Waals surface area contributed by atoms with Crippen LogP contribution >= 0.6 is 0 Å². The highest BCUT2D eigenvalue weighted by Crippen LogP contribution is 2.53. The molecule has 254 valence electrons. The van der Waals surface area contributed by atoms with E-state index < -0.39 is 21.5 Å². The number of pyridine rings is 2. The van der Waals surface area contributed by atoms with E-state index in [0.29, 0.717) is 61.2 Å². The van der Waals surface area contributed by atoms with Crippen LogP contribution in [0.25, 0.3) is 0 Å². The Balaban J connectivity index is 1.56. The Morgan fingerprint density at radius 3 is 2.29 bits per heavy atom. The van der Waals surface area contributed by atoms with Gasteiger partial charge in [-0.1, -0.05) is 13.8 Å². The van der Waals surface area contributed by atoms with Gasteiger partial charge in [-0.05, 0) is 73.5 Å². The lowest BCUT2D eigenvalue weighted by Crippen LogP contribution is -2.60. The van der Waals surface area contributed by atoms with Crippen molar-refractivity contribution in [2.45, 2.75) is 37.3 Å². The van der Waals surface area contributed by atoms with Gasteiger partial charge in [0.2, 0.25) is 0 Å². The Bertz CT molecular complexity index is 2020. The number of ether oxygens (including phenoxy) is 3. The smallest absolute Gasteiger partial charge is 0.288 e. The lowest BCUT2D eigenvalue weighted by molar-refractivity contribution is -0.127. The summed E-state index contributed by atoms with van der Waals surface area (Å²) in [6.07, 6.45) is 3.10. The van der Waals surface area contributed by atoms with E-state index in [1.807, 2.05) is 17.9 Å². The largest absolute Gasteiger partial charge is 0.497 e. The normalized spacial score (nSPS) is 17.9. The number of fused-ring (bicyclic) bond motifs is 1. The molecule has 1 atom stereocenters. The number of nitriles is 1. The Morgan fingerprint density at radius 1 is 0.918 bits per heavy atom. The molecule has 4 aromatic rings. The van der Waals surface area contributed by atoms with Crippen molar-refractivity contribution in [1.82, 2.24) is 14.9 Å². The van der Waals surface area contributed by atoms with Crippen molar-refractivity contribution < 1.29 is 27.4 Å². The first-order valence-corrected chi connectivity index (χ1v) is 17.5. The molecule has 0 radical (unpaired) electrons. The maximum absolute atomic E-state index is 15.4. The molecule has 1 fully saturated rings. The van der Waals surface area contributed by atoms with Crippen LogP contribution in [0.5, 0.6) is 17.2 Å². The molecule has 13 heteroatoms. The number of methoxy groups -OCH3 is 2. The Hall–Kier alpha value is -5.19. The Morgan fingerprint density at radius 2 is 1.65 bits per heavy atom. The molecule has 2 aliphatic rings. The van der Waals surface area contributed by atoms with Crippen LogP contribution in [0.1, 0.15) is 49.1 Å². The Labute approximate surface area is 286 Å². The van der Waals surface area contributed by atoms with E-state index in [2.05, 4.69) is 40.9 Å². The van der Waals surface area contributed by atoms with E-state index in [-0.39, 0.29) is 22.2 Å². The number of carbonyl (C=O) groups is 1. The van der Waals surface area contributed by atoms with Crippen molar-refractivity contribution in [2.75, 3.05) is 56.2 Å². The quantitative estimate of drug-likeness (QED) is 0.230. The third-order valence-corrected chi connectivity index (χ3v) is 10.6. The standard InChI is InChI=1S/C36H38N6O6S/c1-6-48-33-11-8-27(46-4)21-30(33)36(41-17-15-40(16-18-41)26-13-14-38-31(20-26)24(2)3)29-19-25(22-37)7-10-32(29)42(35(36)43)49(44,45)34-12-9-28(47-5)23-39-34/h7-14,19-21,23-24H,6,15-18H2,1-5H3. The number of amides is 1. The van der Waals surface area contributed by atoms with Gasteiger partial charge in [0.1, 0.15) is 17.2 Å². The monoisotopic (exact) mass is 682 g/mol. The summed E-state index contributed by atoms with van der Waals surface area (Å²) >= 11 is 0. The van der Waals surface area contributed by atoms with Gasteiger partial charge in [0.05, 0.1) is 44.3 Å². The SMILES string of the molecule is CCOc1ccc(OC)cc1C1(N2CCN(c3ccnc(C(C)C)c3)CC2)C(=O)N(S(=O)(=O)c2ccc(OC)cn2)c2ccc(C#N)cc21. The van der Waals surface area contributed by atoms with E-state index >= 15 is 4.79 Å². The van der Waals surface area contributed by atoms with Gasteiger partial charge >= 0.3 is 0 Å². The molecule has 4 heterocycles. The van der Waals surface area contributed by atoms with Crippen LogP contribution in [0.4, 0.5) is 11.4 Å². The van der Waals surface area contributed by atoms with Crippen LogP contribution < -0.4 is 23.4 Å². The molecule has 2 aromatic heterocycles. The number of aromatic nitrogens is 2. The highest BCUT2D eigenvalue weighted by atomic mass is 32.2. The molecule has 2 aromatic carbocycles. The highest BCUT2D eigenvalue weighted by Gasteiger charge is 2.61. The fourth-order valence-corrected chi connectivity index (χ4v) is 7.98. The van der Waals surface area contributed by atoms with Crippen LogP contribution in [0.3, 0.4) is 0 Å². The van der Waals surface area contributed by atoms with E-state index in [4.69, 9.17) is 14.2 Å². The minimum Gasteiger partial charge on any atom is -0.497 e. The average Bonchev–Trinajstić information content (AvgIpc) is 3.40. The minimum atomic E-state index is -4.55. The van der Waals surface area contributed by atoms with Gasteiger partial charge in [0.15, 0.2) is 10.6 Å². The molecule has 1 amide bonds. The van der Waals surface area contributed by atoms with Crippen molar-refractivity contribution in [3.05, 3.63) is 95.4 Å². The fraction of sp³-hybridized carbons (Fsp3) is 0.333. The molecule has 0 bridgehead atoms. The van der Waals surface area contributed by atoms with Crippen molar-refractivity contribution in [2.24, 2.45) is 0 Å². The highest BCUT2D eigenvalue weighted by molar-refractivity contribution is 7.93. The lowest BCUT2D eigenvalue weighted by atomic mass is 9.80. The second-order valence-corrected chi connectivity index (χ2v) is 13.8. The molecule has 1 unspecified atom stereocenters. The molecule has 0 spiro atoms. The first-order valence-electron chi connectivity index (χ1n) is 16.0. The molecule has 0 aliphatic carbocycles. The second-order valence-electron chi connectivity index (χ2n) is 12.0. The first kappa shape index (κ1) is 33.7. The topological polar surface area (TPSA) is 138 Å². The maximum atomic E-state index is 15.4. The van der Waals surface area contributed by atoms with Crippen LogP contribution in [0.2, 0.25) is 0 Å². The number of benzene rings is 2. The predicted octanol–water partition coefficient (Wildman–Crippen LogP) is 4.69. The van der Waals surface area contributed by atoms with E-state index in [9.17, 15) is 13.7 Å². The third-order valence-electron chi connectivity index (χ3n) is 9.03. The molecule has 49 heavy (non-hydrogen) atoms. The molecule has 2 aliphatic heterocycles. The second kappa shape index (κ2) is 13.4. The zero-order valence-corrected chi connectivity index (χ0v) is 28.9. The maximum Gasteiger partial charge on any atom is 0.288 e. The van der Waals surface area contributed by atoms with Gasteiger partial charge in [-0.15, -0.1) is 0 Å². The van der Waals surface area contributed by atoms with Crippen molar-refractivity contribution in [3.63, 3.8) is 0 Å². The summed E-state index contributed by atoms with van der Waals surface area (Å²) in [7, 11) is -1.58. The predicted molar refractivity (Wildman–Crippen MR) is 184 cm³/mol. The van der Waals surface area contributed by atoms with Crippen molar-refractivity contribution in [3.8, 4) is 23.3 Å². The zero-order valence-electron chi connectivity index (χ0n) is 28.1. The molecule has 12 nitrogen and oxygen atoms in total. The lowest BCUT2D eigenvalue weighted by Gasteiger charge is -2.46. The number of carbonyl (C=O) groups excluding carboxylic acids is 1. The minimum absolute atomic E-state index is 0.130. The van der Waals surface area contributed by atoms with Gasteiger partial charge in [-0.25, -0.2) is 4.98 Å². The zero-order chi connectivity index (χ0) is 34.9. The number of anilines is 2. The van der Waals surface area contributed by atoms with Gasteiger partial charge in [0.25, 0.3) is 15.9 Å². The van der Waals surface area contributed by atoms with Gasteiger partial charge < -0.3 is 19.1 Å². The molecular formula is C36H38N6O6S. The van der Waals surface area contributed by atoms with E-state index in [1.165, 1.54) is 44.7 Å². The summed E-state index contributed by atoms with van der Waals surface area (Å²) in [5, 5.41) is 9.70. The van der Waals surface area contributed by atoms with Gasteiger partial charge in [-0.2, -0.15) is 18.0 Å². The third kappa shape index (κ3) is 5.70.